The highest BCUT2D eigenvalue weighted by molar-refractivity contribution is 5.76. The van der Waals surface area contributed by atoms with Gasteiger partial charge in [0.15, 0.2) is 5.76 Å². The first-order chi connectivity index (χ1) is 15.6. The van der Waals surface area contributed by atoms with E-state index < -0.39 is 0 Å². The number of piperidine rings is 1. The molecular formula is C25H37N5O2. The van der Waals surface area contributed by atoms with Gasteiger partial charge in [0, 0.05) is 45.2 Å². The summed E-state index contributed by atoms with van der Waals surface area (Å²) < 4.78 is 5.64. The zero-order valence-electron chi connectivity index (χ0n) is 19.5. The van der Waals surface area contributed by atoms with Crippen LogP contribution in [-0.2, 0) is 24.3 Å². The predicted molar refractivity (Wildman–Crippen MR) is 125 cm³/mol. The quantitative estimate of drug-likeness (QED) is 0.681. The highest BCUT2D eigenvalue weighted by Gasteiger charge is 2.30. The molecule has 0 radical (unpaired) electrons. The minimum absolute atomic E-state index is 0.318. The Hall–Kier alpha value is -2.22. The summed E-state index contributed by atoms with van der Waals surface area (Å²) in [5.41, 5.74) is 2.29. The van der Waals surface area contributed by atoms with Crippen LogP contribution < -0.4 is 5.32 Å². The van der Waals surface area contributed by atoms with Crippen molar-refractivity contribution in [3.63, 3.8) is 0 Å². The molecule has 2 fully saturated rings. The van der Waals surface area contributed by atoms with Crippen LogP contribution in [0.5, 0.6) is 0 Å². The van der Waals surface area contributed by atoms with Crippen LogP contribution in [-0.4, -0.2) is 79.1 Å². The monoisotopic (exact) mass is 439 g/mol. The fourth-order valence-electron chi connectivity index (χ4n) is 4.91. The topological polar surface area (TPSA) is 64.8 Å². The minimum Gasteiger partial charge on any atom is -0.360 e. The summed E-state index contributed by atoms with van der Waals surface area (Å²) in [5, 5.41) is 7.86. The number of hydrogen-bond acceptors (Lipinski definition) is 6. The van der Waals surface area contributed by atoms with Gasteiger partial charge >= 0.3 is 0 Å². The number of nitrogens with one attached hydrogen (secondary N) is 1. The third-order valence-corrected chi connectivity index (χ3v) is 6.86. The molecule has 32 heavy (non-hydrogen) atoms. The van der Waals surface area contributed by atoms with Gasteiger partial charge in [0.05, 0.1) is 12.2 Å². The molecule has 0 aliphatic carbocycles. The summed E-state index contributed by atoms with van der Waals surface area (Å²) in [4.78, 5) is 19.5. The summed E-state index contributed by atoms with van der Waals surface area (Å²) in [6.07, 6.45) is 2.56. The van der Waals surface area contributed by atoms with E-state index >= 15 is 0 Å². The minimum atomic E-state index is 0.318. The SMILES string of the molecule is CN1CCN(C(=O)C[C@@H]2CCNC[C@@H]2Cc2cc(CN(C)Cc3ccccc3)on2)CC1. The molecule has 0 saturated carbocycles. The second-order valence-corrected chi connectivity index (χ2v) is 9.55. The van der Waals surface area contributed by atoms with Crippen molar-refractivity contribution in [3.8, 4) is 0 Å². The van der Waals surface area contributed by atoms with Gasteiger partial charge in [-0.1, -0.05) is 35.5 Å². The molecule has 174 valence electrons. The molecule has 7 heteroatoms. The van der Waals surface area contributed by atoms with Crippen molar-refractivity contribution in [3.05, 3.63) is 53.4 Å². The average Bonchev–Trinajstić information content (AvgIpc) is 3.22. The maximum absolute atomic E-state index is 12.9. The molecule has 2 atom stereocenters. The number of carbonyl (C=O) groups is 1. The number of rotatable bonds is 8. The number of piperazine rings is 1. The molecule has 1 aromatic carbocycles. The molecule has 2 aliphatic rings. The predicted octanol–water partition coefficient (Wildman–Crippen LogP) is 2.24. The fourth-order valence-corrected chi connectivity index (χ4v) is 4.91. The first kappa shape index (κ1) is 23.0. The van der Waals surface area contributed by atoms with Gasteiger partial charge in [-0.05, 0) is 57.4 Å². The molecule has 1 amide bonds. The van der Waals surface area contributed by atoms with Crippen molar-refractivity contribution < 1.29 is 9.32 Å². The van der Waals surface area contributed by atoms with E-state index in [1.54, 1.807) is 0 Å². The largest absolute Gasteiger partial charge is 0.360 e. The van der Waals surface area contributed by atoms with Crippen LogP contribution in [0.25, 0.3) is 0 Å². The molecule has 2 aliphatic heterocycles. The summed E-state index contributed by atoms with van der Waals surface area (Å²) >= 11 is 0. The van der Waals surface area contributed by atoms with E-state index in [9.17, 15) is 4.79 Å². The van der Waals surface area contributed by atoms with Crippen LogP contribution in [0.4, 0.5) is 0 Å². The Morgan fingerprint density at radius 2 is 1.94 bits per heavy atom. The number of nitrogens with zero attached hydrogens (tertiary/aromatic N) is 4. The molecule has 7 nitrogen and oxygen atoms in total. The molecule has 1 aromatic heterocycles. The smallest absolute Gasteiger partial charge is 0.222 e. The van der Waals surface area contributed by atoms with Crippen molar-refractivity contribution in [2.45, 2.75) is 32.4 Å². The molecule has 2 saturated heterocycles. The third kappa shape index (κ3) is 6.40. The van der Waals surface area contributed by atoms with Crippen molar-refractivity contribution in [1.82, 2.24) is 25.2 Å². The maximum atomic E-state index is 12.9. The molecular weight excluding hydrogens is 402 g/mol. The van der Waals surface area contributed by atoms with Crippen molar-refractivity contribution in [1.29, 1.82) is 0 Å². The van der Waals surface area contributed by atoms with E-state index in [0.717, 1.165) is 76.7 Å². The first-order valence-electron chi connectivity index (χ1n) is 11.9. The lowest BCUT2D eigenvalue weighted by atomic mass is 9.81. The van der Waals surface area contributed by atoms with Crippen LogP contribution in [0.1, 0.15) is 29.9 Å². The molecule has 2 aromatic rings. The highest BCUT2D eigenvalue weighted by atomic mass is 16.5. The number of benzene rings is 1. The number of aromatic nitrogens is 1. The zero-order chi connectivity index (χ0) is 22.3. The van der Waals surface area contributed by atoms with Gasteiger partial charge in [-0.2, -0.15) is 0 Å². The van der Waals surface area contributed by atoms with Crippen LogP contribution in [0.2, 0.25) is 0 Å². The van der Waals surface area contributed by atoms with Crippen LogP contribution in [0.15, 0.2) is 40.9 Å². The van der Waals surface area contributed by atoms with Crippen LogP contribution in [0, 0.1) is 11.8 Å². The highest BCUT2D eigenvalue weighted by Crippen LogP contribution is 2.27. The van der Waals surface area contributed by atoms with Crippen LogP contribution >= 0.6 is 0 Å². The average molecular weight is 440 g/mol. The molecule has 0 spiro atoms. The van der Waals surface area contributed by atoms with E-state index in [-0.39, 0.29) is 0 Å². The van der Waals surface area contributed by atoms with E-state index in [2.05, 4.69) is 69.6 Å². The summed E-state index contributed by atoms with van der Waals surface area (Å²) in [6, 6.07) is 12.6. The Labute approximate surface area is 191 Å². The van der Waals surface area contributed by atoms with Gasteiger partial charge in [0.1, 0.15) is 0 Å². The van der Waals surface area contributed by atoms with Crippen molar-refractivity contribution in [2.75, 3.05) is 53.4 Å². The van der Waals surface area contributed by atoms with E-state index in [1.807, 2.05) is 6.07 Å². The number of hydrogen-bond donors (Lipinski definition) is 1. The Bertz CT molecular complexity index is 847. The van der Waals surface area contributed by atoms with Gasteiger partial charge < -0.3 is 19.6 Å². The number of carbonyl (C=O) groups excluding carboxylic acids is 1. The number of amides is 1. The van der Waals surface area contributed by atoms with Crippen molar-refractivity contribution >= 4 is 5.91 Å². The van der Waals surface area contributed by atoms with Gasteiger partial charge in [-0.25, -0.2) is 0 Å². The lowest BCUT2D eigenvalue weighted by Crippen LogP contribution is -2.48. The summed E-state index contributed by atoms with van der Waals surface area (Å²) in [5.74, 6) is 2.04. The van der Waals surface area contributed by atoms with Gasteiger partial charge in [-0.3, -0.25) is 9.69 Å². The van der Waals surface area contributed by atoms with Crippen molar-refractivity contribution in [2.24, 2.45) is 11.8 Å². The van der Waals surface area contributed by atoms with Gasteiger partial charge in [-0.15, -0.1) is 0 Å². The molecule has 0 unspecified atom stereocenters. The third-order valence-electron chi connectivity index (χ3n) is 6.86. The Kier molecular flexibility index (Phi) is 7.95. The van der Waals surface area contributed by atoms with Gasteiger partial charge in [0.25, 0.3) is 0 Å². The normalized spacial score (nSPS) is 22.4. The molecule has 3 heterocycles. The fraction of sp³-hybridized carbons (Fsp3) is 0.600. The number of likely N-dealkylation sites (N-methyl/N-ethyl adjacent to an activating group) is 1. The molecule has 4 rings (SSSR count). The lowest BCUT2D eigenvalue weighted by molar-refractivity contribution is -0.134. The second kappa shape index (κ2) is 11.1. The molecule has 0 bridgehead atoms. The maximum Gasteiger partial charge on any atom is 0.222 e. The van der Waals surface area contributed by atoms with Crippen LogP contribution in [0.3, 0.4) is 0 Å². The van der Waals surface area contributed by atoms with Gasteiger partial charge in [0.2, 0.25) is 5.91 Å². The van der Waals surface area contributed by atoms with E-state index in [0.29, 0.717) is 24.2 Å². The zero-order valence-corrected chi connectivity index (χ0v) is 19.5. The summed E-state index contributed by atoms with van der Waals surface area (Å²) in [6.45, 7) is 7.20. The lowest BCUT2D eigenvalue weighted by Gasteiger charge is -2.36. The molecule has 1 N–H and O–H groups in total. The Balaban J connectivity index is 1.29. The Morgan fingerprint density at radius 1 is 1.16 bits per heavy atom. The van der Waals surface area contributed by atoms with E-state index in [4.69, 9.17) is 4.52 Å². The standard InChI is InChI=1S/C25H37N5O2/c1-28-10-12-30(13-11-28)25(31)15-21-8-9-26-17-22(21)14-23-16-24(32-27-23)19-29(2)18-20-6-4-3-5-7-20/h3-7,16,21-22,26H,8-15,17-19H2,1-2H3/t21-,22-/m0/s1. The Morgan fingerprint density at radius 3 is 2.72 bits per heavy atom. The first-order valence-corrected chi connectivity index (χ1v) is 11.9. The summed E-state index contributed by atoms with van der Waals surface area (Å²) in [7, 11) is 4.22. The van der Waals surface area contributed by atoms with E-state index in [1.165, 1.54) is 5.56 Å². The second-order valence-electron chi connectivity index (χ2n) is 9.55.